The van der Waals surface area contributed by atoms with Crippen molar-refractivity contribution >= 4 is 11.6 Å². The van der Waals surface area contributed by atoms with Gasteiger partial charge in [-0.05, 0) is 30.4 Å². The highest BCUT2D eigenvalue weighted by Gasteiger charge is 2.14. The molecule has 0 fully saturated rings. The molecule has 0 aliphatic heterocycles. The maximum atomic E-state index is 8.82. The zero-order valence-corrected chi connectivity index (χ0v) is 8.15. The molecule has 0 amide bonds. The van der Waals surface area contributed by atoms with Crippen LogP contribution in [0.4, 0.5) is 0 Å². The molecular weight excluding hydrogens is 170 g/mol. The maximum absolute atomic E-state index is 8.82. The molecule has 1 aliphatic rings. The summed E-state index contributed by atoms with van der Waals surface area (Å²) in [6, 6.07) is 2.23. The van der Waals surface area contributed by atoms with E-state index in [0.717, 1.165) is 29.0 Å². The smallest absolute Gasteiger partial charge is 0.0950 e. The first-order chi connectivity index (χ1) is 5.65. The largest absolute Gasteiger partial charge is 0.193 e. The van der Waals surface area contributed by atoms with Gasteiger partial charge in [0.15, 0.2) is 0 Å². The van der Waals surface area contributed by atoms with Gasteiger partial charge in [0.2, 0.25) is 0 Å². The van der Waals surface area contributed by atoms with Crippen molar-refractivity contribution < 1.29 is 0 Å². The van der Waals surface area contributed by atoms with Crippen molar-refractivity contribution in [3.63, 3.8) is 0 Å². The van der Waals surface area contributed by atoms with Crippen molar-refractivity contribution in [3.05, 3.63) is 22.3 Å². The fourth-order valence-corrected chi connectivity index (χ4v) is 1.56. The fraction of sp³-hybridized carbons (Fsp3) is 0.500. The van der Waals surface area contributed by atoms with Crippen molar-refractivity contribution in [2.24, 2.45) is 5.92 Å². The quantitative estimate of drug-likeness (QED) is 0.609. The maximum Gasteiger partial charge on any atom is 0.0950 e. The summed E-state index contributed by atoms with van der Waals surface area (Å²) in [5.74, 6) is 0.397. The normalized spacial score (nSPS) is 17.8. The number of hydrogen-bond acceptors (Lipinski definition) is 1. The average molecular weight is 182 g/mol. The highest BCUT2D eigenvalue weighted by molar-refractivity contribution is 6.29. The Labute approximate surface area is 78.3 Å². The molecule has 0 aromatic carbocycles. The Morgan fingerprint density at radius 2 is 2.17 bits per heavy atom. The summed E-state index contributed by atoms with van der Waals surface area (Å²) in [5, 5.41) is 9.69. The summed E-state index contributed by atoms with van der Waals surface area (Å²) in [5.41, 5.74) is 2.00. The Balaban J connectivity index is 3.03. The second-order valence-electron chi connectivity index (χ2n) is 3.29. The second-order valence-corrected chi connectivity index (χ2v) is 3.78. The van der Waals surface area contributed by atoms with Gasteiger partial charge in [-0.2, -0.15) is 5.26 Å². The van der Waals surface area contributed by atoms with E-state index in [1.54, 1.807) is 0 Å². The van der Waals surface area contributed by atoms with Crippen LogP contribution < -0.4 is 0 Å². The summed E-state index contributed by atoms with van der Waals surface area (Å²) in [7, 11) is 0. The van der Waals surface area contributed by atoms with E-state index in [9.17, 15) is 0 Å². The van der Waals surface area contributed by atoms with Crippen LogP contribution in [0.3, 0.4) is 0 Å². The lowest BCUT2D eigenvalue weighted by Gasteiger charge is -2.15. The lowest BCUT2D eigenvalue weighted by molar-refractivity contribution is 0.760. The molecule has 0 saturated carbocycles. The van der Waals surface area contributed by atoms with Gasteiger partial charge in [-0.15, -0.1) is 0 Å². The fourth-order valence-electron chi connectivity index (χ4n) is 1.35. The minimum Gasteiger partial charge on any atom is -0.193 e. The average Bonchev–Trinajstić information content (AvgIpc) is 2.04. The van der Waals surface area contributed by atoms with Gasteiger partial charge < -0.3 is 0 Å². The number of rotatable bonds is 1. The van der Waals surface area contributed by atoms with E-state index in [2.05, 4.69) is 19.9 Å². The van der Waals surface area contributed by atoms with Crippen LogP contribution in [-0.4, -0.2) is 0 Å². The third kappa shape index (κ3) is 1.89. The van der Waals surface area contributed by atoms with Crippen molar-refractivity contribution in [2.75, 3.05) is 0 Å². The highest BCUT2D eigenvalue weighted by Crippen LogP contribution is 2.29. The van der Waals surface area contributed by atoms with Crippen LogP contribution in [0.15, 0.2) is 22.3 Å². The Hall–Kier alpha value is -0.740. The van der Waals surface area contributed by atoms with E-state index in [-0.39, 0.29) is 0 Å². The van der Waals surface area contributed by atoms with Gasteiger partial charge in [0, 0.05) is 10.6 Å². The Bertz CT molecular complexity index is 279. The Morgan fingerprint density at radius 3 is 2.67 bits per heavy atom. The van der Waals surface area contributed by atoms with E-state index in [1.165, 1.54) is 0 Å². The monoisotopic (exact) mass is 181 g/mol. The zero-order valence-electron chi connectivity index (χ0n) is 7.39. The second kappa shape index (κ2) is 3.78. The van der Waals surface area contributed by atoms with E-state index in [1.807, 2.05) is 6.08 Å². The molecule has 1 rings (SSSR count). The van der Waals surface area contributed by atoms with Crippen molar-refractivity contribution in [3.8, 4) is 6.07 Å². The van der Waals surface area contributed by atoms with Crippen LogP contribution in [0, 0.1) is 17.2 Å². The van der Waals surface area contributed by atoms with Gasteiger partial charge in [0.25, 0.3) is 0 Å². The van der Waals surface area contributed by atoms with Crippen LogP contribution in [0.5, 0.6) is 0 Å². The molecule has 12 heavy (non-hydrogen) atoms. The molecule has 64 valence electrons. The number of nitrogens with zero attached hydrogens (tertiary/aromatic N) is 1. The third-order valence-electron chi connectivity index (χ3n) is 2.03. The Morgan fingerprint density at radius 1 is 1.50 bits per heavy atom. The van der Waals surface area contributed by atoms with Gasteiger partial charge in [-0.1, -0.05) is 25.4 Å². The van der Waals surface area contributed by atoms with Crippen LogP contribution >= 0.6 is 11.6 Å². The predicted octanol–water partition coefficient (Wildman–Crippen LogP) is 3.38. The number of allylic oxidation sites excluding steroid dienone is 4. The molecule has 0 saturated heterocycles. The molecule has 0 spiro atoms. The molecule has 0 aromatic rings. The first kappa shape index (κ1) is 9.35. The minimum absolute atomic E-state index is 0.397. The molecule has 0 aromatic heterocycles. The minimum atomic E-state index is 0.397. The summed E-state index contributed by atoms with van der Waals surface area (Å²) >= 11 is 5.90. The molecule has 0 N–H and O–H groups in total. The lowest BCUT2D eigenvalue weighted by atomic mass is 9.91. The first-order valence-corrected chi connectivity index (χ1v) is 4.52. The molecule has 0 radical (unpaired) electrons. The van der Waals surface area contributed by atoms with Crippen LogP contribution in [0.2, 0.25) is 0 Å². The van der Waals surface area contributed by atoms with Crippen molar-refractivity contribution in [1.29, 1.82) is 5.26 Å². The molecular formula is C10H12ClN. The standard InChI is InChI=1S/C10H12ClN/c1-7(2)10-5-9(11)4-3-8(10)6-12/h5,7H,3-4H2,1-2H3. The van der Waals surface area contributed by atoms with Crippen molar-refractivity contribution in [1.82, 2.24) is 0 Å². The number of halogens is 1. The van der Waals surface area contributed by atoms with Gasteiger partial charge in [0.05, 0.1) is 6.07 Å². The van der Waals surface area contributed by atoms with Gasteiger partial charge in [-0.25, -0.2) is 0 Å². The third-order valence-corrected chi connectivity index (χ3v) is 2.33. The summed E-state index contributed by atoms with van der Waals surface area (Å²) in [6.45, 7) is 4.16. The molecule has 0 heterocycles. The van der Waals surface area contributed by atoms with Gasteiger partial charge in [-0.3, -0.25) is 0 Å². The first-order valence-electron chi connectivity index (χ1n) is 4.14. The van der Waals surface area contributed by atoms with Crippen molar-refractivity contribution in [2.45, 2.75) is 26.7 Å². The molecule has 1 nitrogen and oxygen atoms in total. The predicted molar refractivity (Wildman–Crippen MR) is 50.6 cm³/mol. The van der Waals surface area contributed by atoms with Crippen LogP contribution in [0.1, 0.15) is 26.7 Å². The molecule has 0 unspecified atom stereocenters. The molecule has 0 atom stereocenters. The van der Waals surface area contributed by atoms with Gasteiger partial charge in [0.1, 0.15) is 0 Å². The number of nitriles is 1. The lowest BCUT2D eigenvalue weighted by Crippen LogP contribution is -2.01. The SMILES string of the molecule is CC(C)C1=C(C#N)CCC(Cl)=C1. The molecule has 2 heteroatoms. The number of hydrogen-bond donors (Lipinski definition) is 0. The van der Waals surface area contributed by atoms with E-state index >= 15 is 0 Å². The highest BCUT2D eigenvalue weighted by atomic mass is 35.5. The molecule has 1 aliphatic carbocycles. The van der Waals surface area contributed by atoms with E-state index in [4.69, 9.17) is 16.9 Å². The summed E-state index contributed by atoms with van der Waals surface area (Å²) in [6.07, 6.45) is 3.56. The summed E-state index contributed by atoms with van der Waals surface area (Å²) < 4.78 is 0. The Kier molecular flexibility index (Phi) is 2.94. The topological polar surface area (TPSA) is 23.8 Å². The molecule has 0 bridgehead atoms. The summed E-state index contributed by atoms with van der Waals surface area (Å²) in [4.78, 5) is 0. The zero-order chi connectivity index (χ0) is 9.14. The van der Waals surface area contributed by atoms with Crippen LogP contribution in [0.25, 0.3) is 0 Å². The van der Waals surface area contributed by atoms with Crippen LogP contribution in [-0.2, 0) is 0 Å². The van der Waals surface area contributed by atoms with E-state index < -0.39 is 0 Å². The van der Waals surface area contributed by atoms with Gasteiger partial charge >= 0.3 is 0 Å². The van der Waals surface area contributed by atoms with E-state index in [0.29, 0.717) is 5.92 Å².